The van der Waals surface area contributed by atoms with E-state index < -0.39 is 6.10 Å². The molecule has 1 fully saturated rings. The number of aliphatic hydroxyl groups excluding tert-OH is 1. The smallest absolute Gasteiger partial charge is 0.191 e. The second-order valence-corrected chi connectivity index (χ2v) is 6.53. The molecule has 3 atom stereocenters. The number of nitrogens with zero attached hydrogens (tertiary/aromatic N) is 1. The molecule has 1 aromatic carbocycles. The molecule has 2 rings (SSSR count). The molecule has 0 spiro atoms. The molecule has 0 radical (unpaired) electrons. The van der Waals surface area contributed by atoms with E-state index >= 15 is 0 Å². The Hall–Kier alpha value is -0.610. The van der Waals surface area contributed by atoms with E-state index in [1.54, 1.807) is 6.07 Å². The molecule has 1 aliphatic heterocycles. The highest BCUT2D eigenvalue weighted by Crippen LogP contribution is 2.22. The number of halogens is 2. The van der Waals surface area contributed by atoms with Crippen molar-refractivity contribution in [3.8, 4) is 0 Å². The lowest BCUT2D eigenvalue weighted by molar-refractivity contribution is 0.0347. The van der Waals surface area contributed by atoms with Crippen LogP contribution in [0.3, 0.4) is 0 Å². The first-order valence-electron chi connectivity index (χ1n) is 8.76. The molecule has 1 heterocycles. The first-order valence-corrected chi connectivity index (χ1v) is 9.14. The van der Waals surface area contributed by atoms with Gasteiger partial charge >= 0.3 is 0 Å². The van der Waals surface area contributed by atoms with Gasteiger partial charge in [-0.25, -0.2) is 0 Å². The van der Waals surface area contributed by atoms with Crippen molar-refractivity contribution in [2.45, 2.75) is 38.5 Å². The van der Waals surface area contributed by atoms with Gasteiger partial charge in [-0.05, 0) is 26.3 Å². The first kappa shape index (κ1) is 23.4. The summed E-state index contributed by atoms with van der Waals surface area (Å²) in [6, 6.07) is 7.35. The Kier molecular flexibility index (Phi) is 11.5. The van der Waals surface area contributed by atoms with Crippen molar-refractivity contribution in [2.75, 3.05) is 32.9 Å². The minimum atomic E-state index is -0.744. The molecule has 0 saturated carbocycles. The lowest BCUT2D eigenvalue weighted by atomic mass is 10.1. The Morgan fingerprint density at radius 1 is 1.46 bits per heavy atom. The van der Waals surface area contributed by atoms with Crippen LogP contribution in [0.25, 0.3) is 0 Å². The zero-order valence-corrected chi connectivity index (χ0v) is 18.4. The molecule has 1 aliphatic rings. The standard InChI is InChI=1S/C18H28ClN3O3.HI/c1-3-20-18(22-13(2)11-25-14-8-9-24-12-14)21-10-17(23)15-6-4-5-7-16(15)19;/h4-7,13-14,17,23H,3,8-12H2,1-2H3,(H2,20,21,22);1H. The fourth-order valence-electron chi connectivity index (χ4n) is 2.54. The Labute approximate surface area is 177 Å². The van der Waals surface area contributed by atoms with Crippen LogP contribution in [0.4, 0.5) is 0 Å². The van der Waals surface area contributed by atoms with E-state index in [2.05, 4.69) is 15.6 Å². The van der Waals surface area contributed by atoms with Gasteiger partial charge in [-0.1, -0.05) is 29.8 Å². The van der Waals surface area contributed by atoms with Crippen LogP contribution in [0.2, 0.25) is 5.02 Å². The molecule has 8 heteroatoms. The quantitative estimate of drug-likeness (QED) is 0.293. The van der Waals surface area contributed by atoms with Crippen LogP contribution in [0, 0.1) is 0 Å². The van der Waals surface area contributed by atoms with Gasteiger partial charge in [0.25, 0.3) is 0 Å². The van der Waals surface area contributed by atoms with E-state index in [1.165, 1.54) is 0 Å². The van der Waals surface area contributed by atoms with E-state index in [0.717, 1.165) is 19.6 Å². The maximum absolute atomic E-state index is 10.3. The number of guanidine groups is 1. The van der Waals surface area contributed by atoms with Gasteiger partial charge in [-0.15, -0.1) is 24.0 Å². The van der Waals surface area contributed by atoms with E-state index in [0.29, 0.717) is 29.8 Å². The molecule has 1 saturated heterocycles. The summed E-state index contributed by atoms with van der Waals surface area (Å²) in [6.45, 7) is 7.01. The number of hydrogen-bond acceptors (Lipinski definition) is 4. The average molecular weight is 498 g/mol. The minimum Gasteiger partial charge on any atom is -0.386 e. The summed E-state index contributed by atoms with van der Waals surface area (Å²) in [4.78, 5) is 4.46. The van der Waals surface area contributed by atoms with E-state index in [-0.39, 0.29) is 42.7 Å². The third-order valence-corrected chi connectivity index (χ3v) is 4.23. The molecular formula is C18H29ClIN3O3. The lowest BCUT2D eigenvalue weighted by Gasteiger charge is -2.20. The number of aliphatic hydroxyl groups is 1. The Bertz CT molecular complexity index is 556. The van der Waals surface area contributed by atoms with Crippen LogP contribution in [-0.2, 0) is 9.47 Å². The molecule has 0 amide bonds. The topological polar surface area (TPSA) is 75.1 Å². The normalized spacial score (nSPS) is 19.5. The van der Waals surface area contributed by atoms with Gasteiger partial charge < -0.3 is 25.2 Å². The Morgan fingerprint density at radius 3 is 2.88 bits per heavy atom. The van der Waals surface area contributed by atoms with Gasteiger partial charge in [0, 0.05) is 29.8 Å². The third-order valence-electron chi connectivity index (χ3n) is 3.88. The number of ether oxygens (including phenoxy) is 2. The highest BCUT2D eigenvalue weighted by atomic mass is 127. The average Bonchev–Trinajstić information content (AvgIpc) is 3.12. The fraction of sp³-hybridized carbons (Fsp3) is 0.611. The highest BCUT2D eigenvalue weighted by molar-refractivity contribution is 14.0. The molecule has 3 N–H and O–H groups in total. The molecule has 0 bridgehead atoms. The summed E-state index contributed by atoms with van der Waals surface area (Å²) in [7, 11) is 0. The molecule has 6 nitrogen and oxygen atoms in total. The van der Waals surface area contributed by atoms with Crippen LogP contribution in [0.5, 0.6) is 0 Å². The molecule has 0 aliphatic carbocycles. The van der Waals surface area contributed by atoms with Crippen LogP contribution in [0.15, 0.2) is 29.3 Å². The number of hydrogen-bond donors (Lipinski definition) is 3. The minimum absolute atomic E-state index is 0. The molecule has 1 aromatic rings. The number of aliphatic imine (C=N–C) groups is 1. The Balaban J connectivity index is 0.00000338. The maximum atomic E-state index is 10.3. The monoisotopic (exact) mass is 497 g/mol. The summed E-state index contributed by atoms with van der Waals surface area (Å²) in [5.41, 5.74) is 0.682. The summed E-state index contributed by atoms with van der Waals surface area (Å²) in [6.07, 6.45) is 0.391. The van der Waals surface area contributed by atoms with Crippen LogP contribution >= 0.6 is 35.6 Å². The molecule has 148 valence electrons. The van der Waals surface area contributed by atoms with Gasteiger partial charge in [0.15, 0.2) is 5.96 Å². The lowest BCUT2D eigenvalue weighted by Crippen LogP contribution is -2.44. The Morgan fingerprint density at radius 2 is 2.23 bits per heavy atom. The first-order chi connectivity index (χ1) is 12.1. The number of nitrogens with one attached hydrogen (secondary N) is 2. The second-order valence-electron chi connectivity index (χ2n) is 6.12. The molecule has 3 unspecified atom stereocenters. The van der Waals surface area contributed by atoms with E-state index in [4.69, 9.17) is 21.1 Å². The van der Waals surface area contributed by atoms with Gasteiger partial charge in [0.1, 0.15) is 6.10 Å². The largest absolute Gasteiger partial charge is 0.386 e. The van der Waals surface area contributed by atoms with Crippen LogP contribution in [0.1, 0.15) is 31.9 Å². The van der Waals surface area contributed by atoms with Crippen LogP contribution in [-0.4, -0.2) is 56.1 Å². The van der Waals surface area contributed by atoms with Gasteiger partial charge in [-0.2, -0.15) is 0 Å². The fourth-order valence-corrected chi connectivity index (χ4v) is 2.80. The van der Waals surface area contributed by atoms with Gasteiger partial charge in [0.05, 0.1) is 25.9 Å². The van der Waals surface area contributed by atoms with E-state index in [9.17, 15) is 5.11 Å². The summed E-state index contributed by atoms with van der Waals surface area (Å²) >= 11 is 6.12. The van der Waals surface area contributed by atoms with Crippen molar-refractivity contribution in [2.24, 2.45) is 4.99 Å². The van der Waals surface area contributed by atoms with E-state index in [1.807, 2.05) is 32.0 Å². The van der Waals surface area contributed by atoms with Crippen LogP contribution < -0.4 is 10.6 Å². The molecular weight excluding hydrogens is 469 g/mol. The highest BCUT2D eigenvalue weighted by Gasteiger charge is 2.17. The summed E-state index contributed by atoms with van der Waals surface area (Å²) < 4.78 is 11.1. The summed E-state index contributed by atoms with van der Waals surface area (Å²) in [5.74, 6) is 0.646. The zero-order chi connectivity index (χ0) is 18.1. The summed E-state index contributed by atoms with van der Waals surface area (Å²) in [5, 5.41) is 17.3. The maximum Gasteiger partial charge on any atom is 0.191 e. The van der Waals surface area contributed by atoms with Crippen molar-refractivity contribution in [3.63, 3.8) is 0 Å². The second kappa shape index (κ2) is 12.7. The van der Waals surface area contributed by atoms with Crippen molar-refractivity contribution >= 4 is 41.5 Å². The zero-order valence-electron chi connectivity index (χ0n) is 15.3. The van der Waals surface area contributed by atoms with Gasteiger partial charge in [-0.3, -0.25) is 4.99 Å². The van der Waals surface area contributed by atoms with Crippen molar-refractivity contribution in [1.29, 1.82) is 0 Å². The molecule has 26 heavy (non-hydrogen) atoms. The van der Waals surface area contributed by atoms with Crippen molar-refractivity contribution in [1.82, 2.24) is 10.6 Å². The molecule has 0 aromatic heterocycles. The van der Waals surface area contributed by atoms with Gasteiger partial charge in [0.2, 0.25) is 0 Å². The third kappa shape index (κ3) is 7.96. The number of rotatable bonds is 8. The predicted octanol–water partition coefficient (Wildman–Crippen LogP) is 2.74. The van der Waals surface area contributed by atoms with Crippen molar-refractivity contribution < 1.29 is 14.6 Å². The van der Waals surface area contributed by atoms with Crippen molar-refractivity contribution in [3.05, 3.63) is 34.9 Å². The number of benzene rings is 1. The SMILES string of the molecule is CCNC(=NCC(O)c1ccccc1Cl)NC(C)COC1CCOC1.I. The predicted molar refractivity (Wildman–Crippen MR) is 116 cm³/mol.